The lowest BCUT2D eigenvalue weighted by Gasteiger charge is -2.13. The van der Waals surface area contributed by atoms with Crippen molar-refractivity contribution in [3.05, 3.63) is 58.7 Å². The van der Waals surface area contributed by atoms with Crippen molar-refractivity contribution in [1.82, 2.24) is 5.32 Å². The summed E-state index contributed by atoms with van der Waals surface area (Å²) in [6, 6.07) is 11.9. The Bertz CT molecular complexity index is 725. The molecule has 4 nitrogen and oxygen atoms in total. The Morgan fingerprint density at radius 1 is 0.960 bits per heavy atom. The van der Waals surface area contributed by atoms with Gasteiger partial charge in [-0.05, 0) is 56.5 Å². The fraction of sp³-hybridized carbons (Fsp3) is 0.381. The molecule has 2 rings (SSSR count). The van der Waals surface area contributed by atoms with Crippen molar-refractivity contribution < 1.29 is 14.3 Å². The van der Waals surface area contributed by atoms with Crippen LogP contribution in [0.3, 0.4) is 0 Å². The maximum atomic E-state index is 12.2. The maximum Gasteiger partial charge on any atom is 0.224 e. The van der Waals surface area contributed by atoms with E-state index in [-0.39, 0.29) is 5.91 Å². The van der Waals surface area contributed by atoms with Gasteiger partial charge in [-0.1, -0.05) is 29.8 Å². The molecule has 0 aliphatic rings. The van der Waals surface area contributed by atoms with Crippen molar-refractivity contribution >= 4 is 5.91 Å². The van der Waals surface area contributed by atoms with Crippen LogP contribution in [0.4, 0.5) is 0 Å². The highest BCUT2D eigenvalue weighted by atomic mass is 16.5. The van der Waals surface area contributed by atoms with E-state index < -0.39 is 0 Å². The van der Waals surface area contributed by atoms with Gasteiger partial charge in [-0.15, -0.1) is 0 Å². The molecule has 0 radical (unpaired) electrons. The molecule has 0 fully saturated rings. The molecule has 4 heteroatoms. The fourth-order valence-corrected chi connectivity index (χ4v) is 2.69. The van der Waals surface area contributed by atoms with Crippen LogP contribution in [0.25, 0.3) is 0 Å². The normalized spacial score (nSPS) is 10.4. The van der Waals surface area contributed by atoms with Crippen LogP contribution in [-0.4, -0.2) is 19.1 Å². The van der Waals surface area contributed by atoms with Crippen LogP contribution in [0.5, 0.6) is 11.5 Å². The summed E-state index contributed by atoms with van der Waals surface area (Å²) in [5.74, 6) is 1.46. The number of benzene rings is 2. The summed E-state index contributed by atoms with van der Waals surface area (Å²) in [6.07, 6.45) is 0.390. The number of hydrogen-bond donors (Lipinski definition) is 1. The lowest BCUT2D eigenvalue weighted by Crippen LogP contribution is -2.24. The van der Waals surface area contributed by atoms with Crippen LogP contribution >= 0.6 is 0 Å². The summed E-state index contributed by atoms with van der Waals surface area (Å²) in [4.78, 5) is 12.2. The molecular weight excluding hydrogens is 314 g/mol. The molecule has 2 aromatic rings. The van der Waals surface area contributed by atoms with E-state index in [4.69, 9.17) is 9.47 Å². The molecule has 2 aromatic carbocycles. The van der Waals surface area contributed by atoms with E-state index in [1.165, 1.54) is 5.56 Å². The van der Waals surface area contributed by atoms with Gasteiger partial charge in [-0.2, -0.15) is 0 Å². The summed E-state index contributed by atoms with van der Waals surface area (Å²) < 4.78 is 11.2. The van der Waals surface area contributed by atoms with Crippen molar-refractivity contribution in [1.29, 1.82) is 0 Å². The molecule has 0 bridgehead atoms. The largest absolute Gasteiger partial charge is 0.490 e. The molecule has 0 saturated carbocycles. The van der Waals surface area contributed by atoms with E-state index in [0.29, 0.717) is 31.9 Å². The third kappa shape index (κ3) is 5.52. The zero-order valence-corrected chi connectivity index (χ0v) is 15.5. The van der Waals surface area contributed by atoms with Crippen LogP contribution in [0, 0.1) is 13.8 Å². The monoisotopic (exact) mass is 341 g/mol. The predicted molar refractivity (Wildman–Crippen MR) is 100 cm³/mol. The molecule has 0 atom stereocenters. The Balaban J connectivity index is 1.97. The second-order valence-corrected chi connectivity index (χ2v) is 6.03. The van der Waals surface area contributed by atoms with E-state index in [2.05, 4.69) is 18.3 Å². The number of amides is 1. The number of hydrogen-bond acceptors (Lipinski definition) is 3. The average molecular weight is 341 g/mol. The van der Waals surface area contributed by atoms with Gasteiger partial charge in [0.15, 0.2) is 11.5 Å². The van der Waals surface area contributed by atoms with Gasteiger partial charge in [-0.25, -0.2) is 0 Å². The van der Waals surface area contributed by atoms with E-state index in [9.17, 15) is 4.79 Å². The molecule has 0 saturated heterocycles. The average Bonchev–Trinajstić information content (AvgIpc) is 2.58. The molecule has 25 heavy (non-hydrogen) atoms. The molecule has 0 aliphatic carbocycles. The SMILES string of the molecule is CCOc1ccc(CNC(=O)Cc2ccc(C)cc2C)cc1OCC. The molecule has 0 spiro atoms. The highest BCUT2D eigenvalue weighted by Crippen LogP contribution is 2.28. The summed E-state index contributed by atoms with van der Waals surface area (Å²) >= 11 is 0. The van der Waals surface area contributed by atoms with Crippen LogP contribution in [0.15, 0.2) is 36.4 Å². The molecule has 0 aliphatic heterocycles. The minimum absolute atomic E-state index is 0.0128. The van der Waals surface area contributed by atoms with E-state index >= 15 is 0 Å². The number of nitrogens with one attached hydrogen (secondary N) is 1. The second kappa shape index (κ2) is 9.11. The topological polar surface area (TPSA) is 47.6 Å². The number of carbonyl (C=O) groups is 1. The van der Waals surface area contributed by atoms with Gasteiger partial charge in [0.1, 0.15) is 0 Å². The Morgan fingerprint density at radius 2 is 1.68 bits per heavy atom. The zero-order chi connectivity index (χ0) is 18.2. The Labute approximate surface area is 150 Å². The van der Waals surface area contributed by atoms with Crippen LogP contribution in [0.1, 0.15) is 36.1 Å². The number of ether oxygens (including phenoxy) is 2. The van der Waals surface area contributed by atoms with E-state index in [1.54, 1.807) is 0 Å². The predicted octanol–water partition coefficient (Wildman–Crippen LogP) is 3.96. The van der Waals surface area contributed by atoms with Gasteiger partial charge in [0.25, 0.3) is 0 Å². The molecule has 134 valence electrons. The molecule has 1 N–H and O–H groups in total. The van der Waals surface area contributed by atoms with Gasteiger partial charge in [-0.3, -0.25) is 4.79 Å². The number of aryl methyl sites for hydroxylation is 2. The van der Waals surface area contributed by atoms with Crippen LogP contribution in [-0.2, 0) is 17.8 Å². The quantitative estimate of drug-likeness (QED) is 0.790. The van der Waals surface area contributed by atoms with Gasteiger partial charge < -0.3 is 14.8 Å². The minimum Gasteiger partial charge on any atom is -0.490 e. The lowest BCUT2D eigenvalue weighted by atomic mass is 10.0. The zero-order valence-electron chi connectivity index (χ0n) is 15.5. The molecule has 0 heterocycles. The third-order valence-electron chi connectivity index (χ3n) is 3.95. The first-order valence-electron chi connectivity index (χ1n) is 8.74. The minimum atomic E-state index is 0.0128. The van der Waals surface area contributed by atoms with Crippen molar-refractivity contribution in [2.24, 2.45) is 0 Å². The first-order valence-corrected chi connectivity index (χ1v) is 8.74. The highest BCUT2D eigenvalue weighted by Gasteiger charge is 2.09. The Morgan fingerprint density at radius 3 is 2.36 bits per heavy atom. The van der Waals surface area contributed by atoms with Crippen molar-refractivity contribution in [3.8, 4) is 11.5 Å². The molecular formula is C21H27NO3. The third-order valence-corrected chi connectivity index (χ3v) is 3.95. The molecule has 0 aromatic heterocycles. The van der Waals surface area contributed by atoms with Gasteiger partial charge >= 0.3 is 0 Å². The summed E-state index contributed by atoms with van der Waals surface area (Å²) in [5.41, 5.74) is 4.40. The van der Waals surface area contributed by atoms with Crippen molar-refractivity contribution in [2.75, 3.05) is 13.2 Å². The highest BCUT2D eigenvalue weighted by molar-refractivity contribution is 5.79. The first kappa shape index (κ1) is 18.8. The van der Waals surface area contributed by atoms with Gasteiger partial charge in [0, 0.05) is 6.54 Å². The van der Waals surface area contributed by atoms with Crippen LogP contribution in [0.2, 0.25) is 0 Å². The van der Waals surface area contributed by atoms with E-state index in [0.717, 1.165) is 22.4 Å². The first-order chi connectivity index (χ1) is 12.0. The molecule has 0 unspecified atom stereocenters. The standard InChI is InChI=1S/C21H27NO3/c1-5-24-19-10-8-17(12-20(19)25-6-2)14-22-21(23)13-18-9-7-15(3)11-16(18)4/h7-12H,5-6,13-14H2,1-4H3,(H,22,23). The van der Waals surface area contributed by atoms with Crippen molar-refractivity contribution in [3.63, 3.8) is 0 Å². The van der Waals surface area contributed by atoms with Gasteiger partial charge in [0.2, 0.25) is 5.91 Å². The number of rotatable bonds is 8. The smallest absolute Gasteiger partial charge is 0.224 e. The lowest BCUT2D eigenvalue weighted by molar-refractivity contribution is -0.120. The maximum absolute atomic E-state index is 12.2. The Hall–Kier alpha value is -2.49. The summed E-state index contributed by atoms with van der Waals surface area (Å²) in [6.45, 7) is 9.60. The second-order valence-electron chi connectivity index (χ2n) is 6.03. The Kier molecular flexibility index (Phi) is 6.87. The van der Waals surface area contributed by atoms with E-state index in [1.807, 2.05) is 51.1 Å². The molecule has 1 amide bonds. The van der Waals surface area contributed by atoms with Crippen LogP contribution < -0.4 is 14.8 Å². The summed E-state index contributed by atoms with van der Waals surface area (Å²) in [5, 5.41) is 2.97. The number of carbonyl (C=O) groups excluding carboxylic acids is 1. The van der Waals surface area contributed by atoms with Crippen molar-refractivity contribution in [2.45, 2.75) is 40.7 Å². The van der Waals surface area contributed by atoms with Gasteiger partial charge in [0.05, 0.1) is 19.6 Å². The fourth-order valence-electron chi connectivity index (χ4n) is 2.69. The summed E-state index contributed by atoms with van der Waals surface area (Å²) in [7, 11) is 0.